The van der Waals surface area contributed by atoms with Gasteiger partial charge in [-0.25, -0.2) is 4.98 Å². The van der Waals surface area contributed by atoms with Gasteiger partial charge in [-0.2, -0.15) is 0 Å². The van der Waals surface area contributed by atoms with Crippen molar-refractivity contribution >= 4 is 17.9 Å². The van der Waals surface area contributed by atoms with Crippen molar-refractivity contribution in [2.45, 2.75) is 0 Å². The minimum atomic E-state index is 0.438. The molecule has 0 fully saturated rings. The third kappa shape index (κ3) is 2.58. The molecule has 0 spiro atoms. The minimum absolute atomic E-state index is 0.438. The van der Waals surface area contributed by atoms with Crippen LogP contribution in [0.4, 0.5) is 0 Å². The lowest BCUT2D eigenvalue weighted by Crippen LogP contribution is -1.88. The van der Waals surface area contributed by atoms with Gasteiger partial charge in [0.2, 0.25) is 5.88 Å². The quantitative estimate of drug-likeness (QED) is 0.764. The summed E-state index contributed by atoms with van der Waals surface area (Å²) in [5, 5.41) is 0.650. The molecule has 0 amide bonds. The molecule has 0 aliphatic rings. The van der Waals surface area contributed by atoms with Crippen LogP contribution in [-0.4, -0.2) is 11.3 Å². The van der Waals surface area contributed by atoms with Gasteiger partial charge in [-0.15, -0.1) is 0 Å². The molecule has 0 aliphatic carbocycles. The molecule has 16 heavy (non-hydrogen) atoms. The Morgan fingerprint density at radius 2 is 1.88 bits per heavy atom. The monoisotopic (exact) mass is 233 g/mol. The second-order valence-electron chi connectivity index (χ2n) is 3.10. The van der Waals surface area contributed by atoms with Crippen molar-refractivity contribution in [2.24, 2.45) is 0 Å². The highest BCUT2D eigenvalue weighted by molar-refractivity contribution is 6.30. The van der Waals surface area contributed by atoms with E-state index in [0.717, 1.165) is 6.29 Å². The number of benzene rings is 1. The maximum absolute atomic E-state index is 10.4. The number of ether oxygens (including phenoxy) is 1. The maximum atomic E-state index is 10.4. The Hall–Kier alpha value is -1.87. The molecular formula is C12H8ClNO2. The Morgan fingerprint density at radius 1 is 1.12 bits per heavy atom. The lowest BCUT2D eigenvalue weighted by atomic mass is 10.3. The second kappa shape index (κ2) is 4.77. The Morgan fingerprint density at radius 3 is 2.44 bits per heavy atom. The predicted molar refractivity (Wildman–Crippen MR) is 61.2 cm³/mol. The van der Waals surface area contributed by atoms with Crippen molar-refractivity contribution in [2.75, 3.05) is 0 Å². The zero-order valence-corrected chi connectivity index (χ0v) is 9.02. The van der Waals surface area contributed by atoms with Gasteiger partial charge in [0, 0.05) is 22.8 Å². The van der Waals surface area contributed by atoms with E-state index in [0.29, 0.717) is 22.2 Å². The summed E-state index contributed by atoms with van der Waals surface area (Å²) in [4.78, 5) is 14.4. The molecule has 0 aliphatic heterocycles. The summed E-state index contributed by atoms with van der Waals surface area (Å²) < 4.78 is 5.45. The summed E-state index contributed by atoms with van der Waals surface area (Å²) in [6.45, 7) is 0. The van der Waals surface area contributed by atoms with Crippen molar-refractivity contribution in [3.63, 3.8) is 0 Å². The summed E-state index contributed by atoms with van der Waals surface area (Å²) in [5.74, 6) is 1.09. The fourth-order valence-corrected chi connectivity index (χ4v) is 1.27. The highest BCUT2D eigenvalue weighted by Crippen LogP contribution is 2.21. The third-order valence-electron chi connectivity index (χ3n) is 1.93. The average Bonchev–Trinajstić information content (AvgIpc) is 2.33. The van der Waals surface area contributed by atoms with Crippen LogP contribution in [0.15, 0.2) is 42.6 Å². The van der Waals surface area contributed by atoms with Crippen LogP contribution in [0.25, 0.3) is 0 Å². The largest absolute Gasteiger partial charge is 0.439 e. The molecule has 0 atom stereocenters. The molecule has 2 aromatic rings. The predicted octanol–water partition coefficient (Wildman–Crippen LogP) is 3.34. The molecule has 0 saturated carbocycles. The van der Waals surface area contributed by atoms with Crippen LogP contribution in [0.2, 0.25) is 5.02 Å². The molecule has 0 bridgehead atoms. The van der Waals surface area contributed by atoms with Gasteiger partial charge < -0.3 is 4.74 Å². The van der Waals surface area contributed by atoms with E-state index in [4.69, 9.17) is 16.3 Å². The van der Waals surface area contributed by atoms with E-state index in [1.54, 1.807) is 36.4 Å². The highest BCUT2D eigenvalue weighted by atomic mass is 35.5. The van der Waals surface area contributed by atoms with E-state index in [1.165, 1.54) is 6.20 Å². The van der Waals surface area contributed by atoms with E-state index >= 15 is 0 Å². The van der Waals surface area contributed by atoms with Crippen molar-refractivity contribution in [1.82, 2.24) is 4.98 Å². The standard InChI is InChI=1S/C12H8ClNO2/c13-10-2-4-11(5-3-10)16-12-6-1-9(8-15)7-14-12/h1-8H. The van der Waals surface area contributed by atoms with Crippen LogP contribution < -0.4 is 4.74 Å². The van der Waals surface area contributed by atoms with Gasteiger partial charge in [-0.05, 0) is 30.3 Å². The zero-order valence-electron chi connectivity index (χ0n) is 8.26. The van der Waals surface area contributed by atoms with Gasteiger partial charge in [-0.3, -0.25) is 4.79 Å². The Labute approximate surface area is 97.7 Å². The Bertz CT molecular complexity index is 479. The highest BCUT2D eigenvalue weighted by Gasteiger charge is 1.98. The van der Waals surface area contributed by atoms with Gasteiger partial charge in [0.05, 0.1) is 0 Å². The van der Waals surface area contributed by atoms with Gasteiger partial charge in [0.25, 0.3) is 0 Å². The fraction of sp³-hybridized carbons (Fsp3) is 0. The van der Waals surface area contributed by atoms with E-state index in [2.05, 4.69) is 4.98 Å². The lowest BCUT2D eigenvalue weighted by Gasteiger charge is -2.04. The first-order valence-corrected chi connectivity index (χ1v) is 5.00. The maximum Gasteiger partial charge on any atom is 0.219 e. The van der Waals surface area contributed by atoms with E-state index in [1.807, 2.05) is 0 Å². The number of pyridine rings is 1. The molecule has 1 aromatic carbocycles. The first-order chi connectivity index (χ1) is 7.78. The molecule has 0 N–H and O–H groups in total. The van der Waals surface area contributed by atoms with Crippen LogP contribution in [0.3, 0.4) is 0 Å². The molecule has 3 nitrogen and oxygen atoms in total. The SMILES string of the molecule is O=Cc1ccc(Oc2ccc(Cl)cc2)nc1. The molecule has 0 radical (unpaired) electrons. The van der Waals surface area contributed by atoms with Crippen LogP contribution in [0.1, 0.15) is 10.4 Å². The summed E-state index contributed by atoms with van der Waals surface area (Å²) in [6.07, 6.45) is 2.19. The number of halogens is 1. The van der Waals surface area contributed by atoms with E-state index in [-0.39, 0.29) is 0 Å². The number of carbonyl (C=O) groups excluding carboxylic acids is 1. The molecular weight excluding hydrogens is 226 g/mol. The van der Waals surface area contributed by atoms with E-state index < -0.39 is 0 Å². The minimum Gasteiger partial charge on any atom is -0.439 e. The molecule has 0 unspecified atom stereocenters. The molecule has 1 heterocycles. The number of rotatable bonds is 3. The summed E-state index contributed by atoms with van der Waals surface area (Å²) in [7, 11) is 0. The lowest BCUT2D eigenvalue weighted by molar-refractivity contribution is 0.112. The van der Waals surface area contributed by atoms with Crippen LogP contribution in [0, 0.1) is 0 Å². The van der Waals surface area contributed by atoms with E-state index in [9.17, 15) is 4.79 Å². The van der Waals surface area contributed by atoms with Gasteiger partial charge in [-0.1, -0.05) is 11.6 Å². The molecule has 4 heteroatoms. The Kier molecular flexibility index (Phi) is 3.17. The van der Waals surface area contributed by atoms with Crippen LogP contribution in [0.5, 0.6) is 11.6 Å². The molecule has 80 valence electrons. The number of aromatic nitrogens is 1. The van der Waals surface area contributed by atoms with Gasteiger partial charge in [0.15, 0.2) is 6.29 Å². The number of hydrogen-bond donors (Lipinski definition) is 0. The summed E-state index contributed by atoms with van der Waals surface area (Å²) in [5.41, 5.74) is 0.517. The smallest absolute Gasteiger partial charge is 0.219 e. The number of aldehydes is 1. The summed E-state index contributed by atoms with van der Waals surface area (Å²) in [6, 6.07) is 10.2. The normalized spacial score (nSPS) is 9.81. The molecule has 2 rings (SSSR count). The van der Waals surface area contributed by atoms with Crippen LogP contribution >= 0.6 is 11.6 Å². The van der Waals surface area contributed by atoms with Gasteiger partial charge in [0.1, 0.15) is 5.75 Å². The van der Waals surface area contributed by atoms with Gasteiger partial charge >= 0.3 is 0 Å². The number of nitrogens with zero attached hydrogens (tertiary/aromatic N) is 1. The van der Waals surface area contributed by atoms with Crippen molar-refractivity contribution in [3.05, 3.63) is 53.2 Å². The second-order valence-corrected chi connectivity index (χ2v) is 3.54. The fourth-order valence-electron chi connectivity index (χ4n) is 1.15. The van der Waals surface area contributed by atoms with Crippen molar-refractivity contribution in [1.29, 1.82) is 0 Å². The Balaban J connectivity index is 2.14. The zero-order chi connectivity index (χ0) is 11.4. The molecule has 0 saturated heterocycles. The number of carbonyl (C=O) groups is 1. The average molecular weight is 234 g/mol. The summed E-state index contributed by atoms with van der Waals surface area (Å²) >= 11 is 5.74. The van der Waals surface area contributed by atoms with Crippen molar-refractivity contribution < 1.29 is 9.53 Å². The topological polar surface area (TPSA) is 39.2 Å². The molecule has 1 aromatic heterocycles. The first-order valence-electron chi connectivity index (χ1n) is 4.62. The first kappa shape index (κ1) is 10.6. The number of hydrogen-bond acceptors (Lipinski definition) is 3. The third-order valence-corrected chi connectivity index (χ3v) is 2.18. The van der Waals surface area contributed by atoms with Crippen molar-refractivity contribution in [3.8, 4) is 11.6 Å². The van der Waals surface area contributed by atoms with Crippen LogP contribution in [-0.2, 0) is 0 Å².